The SMILES string of the molecule is O=C1CC(=O)N(c2ccc3[nH]cnc3c2)C1c1ccc(N2CCSCC2)cc1. The van der Waals surface area contributed by atoms with Crippen LogP contribution in [0.5, 0.6) is 0 Å². The van der Waals surface area contributed by atoms with Crippen LogP contribution in [0.2, 0.25) is 0 Å². The maximum Gasteiger partial charge on any atom is 0.235 e. The Kier molecular flexibility index (Phi) is 4.31. The normalized spacial score (nSPS) is 20.4. The maximum absolute atomic E-state index is 12.7. The van der Waals surface area contributed by atoms with Crippen LogP contribution in [-0.4, -0.2) is 46.3 Å². The van der Waals surface area contributed by atoms with E-state index < -0.39 is 6.04 Å². The molecule has 3 aromatic rings. The van der Waals surface area contributed by atoms with E-state index in [1.807, 2.05) is 42.1 Å². The number of benzene rings is 2. The molecule has 2 fully saturated rings. The van der Waals surface area contributed by atoms with E-state index in [9.17, 15) is 9.59 Å². The molecule has 1 amide bonds. The first-order valence-electron chi connectivity index (χ1n) is 9.41. The Morgan fingerprint density at radius 2 is 1.75 bits per heavy atom. The quantitative estimate of drug-likeness (QED) is 0.694. The summed E-state index contributed by atoms with van der Waals surface area (Å²) in [6.07, 6.45) is 1.56. The lowest BCUT2D eigenvalue weighted by atomic mass is 10.0. The highest BCUT2D eigenvalue weighted by Gasteiger charge is 2.40. The second-order valence-electron chi connectivity index (χ2n) is 7.10. The standard InChI is InChI=1S/C21H20N4O2S/c26-19-12-20(27)25(16-5-6-17-18(11-16)23-13-22-17)21(19)14-1-3-15(4-2-14)24-7-9-28-10-8-24/h1-6,11,13,21H,7-10,12H2,(H,22,23). The molecule has 0 saturated carbocycles. The number of ketones is 1. The minimum Gasteiger partial charge on any atom is -0.370 e. The molecule has 2 aromatic carbocycles. The predicted molar refractivity (Wildman–Crippen MR) is 112 cm³/mol. The minimum atomic E-state index is -0.574. The summed E-state index contributed by atoms with van der Waals surface area (Å²) < 4.78 is 0. The molecule has 0 radical (unpaired) electrons. The van der Waals surface area contributed by atoms with Gasteiger partial charge < -0.3 is 9.88 Å². The van der Waals surface area contributed by atoms with Crippen molar-refractivity contribution in [3.05, 3.63) is 54.4 Å². The van der Waals surface area contributed by atoms with Crippen molar-refractivity contribution < 1.29 is 9.59 Å². The third kappa shape index (κ3) is 2.96. The van der Waals surface area contributed by atoms with Crippen molar-refractivity contribution in [1.29, 1.82) is 0 Å². The lowest BCUT2D eigenvalue weighted by Gasteiger charge is -2.29. The number of carbonyl (C=O) groups excluding carboxylic acids is 2. The molecule has 142 valence electrons. The van der Waals surface area contributed by atoms with Crippen LogP contribution in [0.3, 0.4) is 0 Å². The fourth-order valence-electron chi connectivity index (χ4n) is 4.01. The van der Waals surface area contributed by atoms with E-state index in [-0.39, 0.29) is 18.1 Å². The number of carbonyl (C=O) groups is 2. The van der Waals surface area contributed by atoms with Crippen LogP contribution in [0.15, 0.2) is 48.8 Å². The van der Waals surface area contributed by atoms with Gasteiger partial charge in [0.1, 0.15) is 6.04 Å². The summed E-state index contributed by atoms with van der Waals surface area (Å²) in [6.45, 7) is 2.08. The zero-order valence-electron chi connectivity index (χ0n) is 15.3. The van der Waals surface area contributed by atoms with Gasteiger partial charge >= 0.3 is 0 Å². The van der Waals surface area contributed by atoms with Crippen LogP contribution < -0.4 is 9.80 Å². The fourth-order valence-corrected chi connectivity index (χ4v) is 4.91. The molecule has 2 aliphatic heterocycles. The average molecular weight is 392 g/mol. The van der Waals surface area contributed by atoms with E-state index in [0.717, 1.165) is 41.2 Å². The highest BCUT2D eigenvalue weighted by atomic mass is 32.2. The number of hydrogen-bond acceptors (Lipinski definition) is 5. The fraction of sp³-hybridized carbons (Fsp3) is 0.286. The number of Topliss-reactive ketones (excluding diaryl/α,β-unsaturated/α-hetero) is 1. The number of amides is 1. The van der Waals surface area contributed by atoms with Crippen molar-refractivity contribution >= 4 is 45.9 Å². The molecule has 1 unspecified atom stereocenters. The van der Waals surface area contributed by atoms with Crippen LogP contribution in [0.4, 0.5) is 11.4 Å². The van der Waals surface area contributed by atoms with E-state index >= 15 is 0 Å². The summed E-state index contributed by atoms with van der Waals surface area (Å²) in [7, 11) is 0. The number of nitrogens with one attached hydrogen (secondary N) is 1. The van der Waals surface area contributed by atoms with Crippen molar-refractivity contribution in [2.75, 3.05) is 34.4 Å². The average Bonchev–Trinajstić information content (AvgIpc) is 3.31. The third-order valence-electron chi connectivity index (χ3n) is 5.43. The molecule has 1 atom stereocenters. The number of hydrogen-bond donors (Lipinski definition) is 1. The lowest BCUT2D eigenvalue weighted by molar-refractivity contribution is -0.121. The number of aromatic nitrogens is 2. The molecule has 1 N–H and O–H groups in total. The first-order chi connectivity index (χ1) is 13.7. The summed E-state index contributed by atoms with van der Waals surface area (Å²) in [5, 5.41) is 0. The van der Waals surface area contributed by atoms with Crippen molar-refractivity contribution in [2.24, 2.45) is 0 Å². The predicted octanol–water partition coefficient (Wildman–Crippen LogP) is 3.16. The lowest BCUT2D eigenvalue weighted by Crippen LogP contribution is -2.32. The molecular formula is C21H20N4O2S. The van der Waals surface area contributed by atoms with Crippen LogP contribution >= 0.6 is 11.8 Å². The minimum absolute atomic E-state index is 0.0609. The number of aromatic amines is 1. The summed E-state index contributed by atoms with van der Waals surface area (Å²) in [6, 6.07) is 13.1. The zero-order valence-corrected chi connectivity index (χ0v) is 16.1. The van der Waals surface area contributed by atoms with Gasteiger partial charge in [-0.3, -0.25) is 14.5 Å². The molecular weight excluding hydrogens is 372 g/mol. The highest BCUT2D eigenvalue weighted by Crippen LogP contribution is 2.36. The van der Waals surface area contributed by atoms with E-state index in [4.69, 9.17) is 0 Å². The summed E-state index contributed by atoms with van der Waals surface area (Å²) in [5.74, 6) is 2.05. The third-order valence-corrected chi connectivity index (χ3v) is 6.37. The largest absolute Gasteiger partial charge is 0.370 e. The molecule has 2 saturated heterocycles. The molecule has 0 bridgehead atoms. The summed E-state index contributed by atoms with van der Waals surface area (Å²) >= 11 is 1.98. The van der Waals surface area contributed by atoms with Gasteiger partial charge in [-0.2, -0.15) is 11.8 Å². The van der Waals surface area contributed by atoms with E-state index in [1.54, 1.807) is 11.2 Å². The zero-order chi connectivity index (χ0) is 19.1. The molecule has 2 aliphatic rings. The number of imidazole rings is 1. The van der Waals surface area contributed by atoms with E-state index in [0.29, 0.717) is 5.69 Å². The molecule has 6 nitrogen and oxygen atoms in total. The molecule has 7 heteroatoms. The molecule has 28 heavy (non-hydrogen) atoms. The van der Waals surface area contributed by atoms with Gasteiger partial charge in [-0.25, -0.2) is 4.98 Å². The van der Waals surface area contributed by atoms with Crippen molar-refractivity contribution in [3.8, 4) is 0 Å². The monoisotopic (exact) mass is 392 g/mol. The Morgan fingerprint density at radius 1 is 1.00 bits per heavy atom. The first kappa shape index (κ1) is 17.3. The molecule has 3 heterocycles. The van der Waals surface area contributed by atoms with E-state index in [1.165, 1.54) is 5.69 Å². The first-order valence-corrected chi connectivity index (χ1v) is 10.6. The molecule has 1 aromatic heterocycles. The molecule has 0 spiro atoms. The Labute approximate surface area is 166 Å². The van der Waals surface area contributed by atoms with E-state index in [2.05, 4.69) is 27.0 Å². The van der Waals surface area contributed by atoms with Crippen LogP contribution in [0, 0.1) is 0 Å². The summed E-state index contributed by atoms with van der Waals surface area (Å²) in [4.78, 5) is 36.6. The van der Waals surface area contributed by atoms with Gasteiger partial charge in [0.05, 0.1) is 23.8 Å². The van der Waals surface area contributed by atoms with Gasteiger partial charge in [0.15, 0.2) is 5.78 Å². The Morgan fingerprint density at radius 3 is 2.54 bits per heavy atom. The van der Waals surface area contributed by atoms with Gasteiger partial charge in [-0.05, 0) is 35.9 Å². The Hall–Kier alpha value is -2.80. The second-order valence-corrected chi connectivity index (χ2v) is 8.33. The number of nitrogens with zero attached hydrogens (tertiary/aromatic N) is 3. The molecule has 0 aliphatic carbocycles. The number of fused-ring (bicyclic) bond motifs is 1. The van der Waals surface area contributed by atoms with Crippen LogP contribution in [-0.2, 0) is 9.59 Å². The van der Waals surface area contributed by atoms with Gasteiger partial charge in [0, 0.05) is 36.0 Å². The van der Waals surface area contributed by atoms with Crippen molar-refractivity contribution in [3.63, 3.8) is 0 Å². The Bertz CT molecular complexity index is 1040. The van der Waals surface area contributed by atoms with Crippen LogP contribution in [0.25, 0.3) is 11.0 Å². The number of thioether (sulfide) groups is 1. The Balaban J connectivity index is 1.47. The number of anilines is 2. The molecule has 5 rings (SSSR count). The van der Waals surface area contributed by atoms with Gasteiger partial charge in [-0.15, -0.1) is 0 Å². The van der Waals surface area contributed by atoms with Crippen molar-refractivity contribution in [2.45, 2.75) is 12.5 Å². The van der Waals surface area contributed by atoms with Gasteiger partial charge in [0.25, 0.3) is 0 Å². The maximum atomic E-state index is 12.7. The van der Waals surface area contributed by atoms with Gasteiger partial charge in [0.2, 0.25) is 5.91 Å². The van der Waals surface area contributed by atoms with Gasteiger partial charge in [-0.1, -0.05) is 12.1 Å². The van der Waals surface area contributed by atoms with Crippen molar-refractivity contribution in [1.82, 2.24) is 9.97 Å². The smallest absolute Gasteiger partial charge is 0.235 e. The van der Waals surface area contributed by atoms with Crippen LogP contribution in [0.1, 0.15) is 18.0 Å². The highest BCUT2D eigenvalue weighted by molar-refractivity contribution is 7.99. The second kappa shape index (κ2) is 6.98. The summed E-state index contributed by atoms with van der Waals surface area (Å²) in [5.41, 5.74) is 4.42. The number of H-pyrrole nitrogens is 1. The number of rotatable bonds is 3. The topological polar surface area (TPSA) is 69.3 Å².